The second-order valence-electron chi connectivity index (χ2n) is 5.37. The summed E-state index contributed by atoms with van der Waals surface area (Å²) < 4.78 is 0. The monoisotopic (exact) mass is 291 g/mol. The molecular weight excluding hydrogens is 266 g/mol. The molecule has 1 rings (SSSR count). The van der Waals surface area contributed by atoms with Gasteiger partial charge in [0.15, 0.2) is 0 Å². The highest BCUT2D eigenvalue weighted by atomic mass is 35.5. The summed E-state index contributed by atoms with van der Waals surface area (Å²) in [5.74, 6) is -0.406. The molecule has 4 N–H and O–H groups in total. The quantitative estimate of drug-likeness (QED) is 0.705. The van der Waals surface area contributed by atoms with E-state index in [1.54, 1.807) is 0 Å². The molecule has 5 nitrogen and oxygen atoms in total. The van der Waals surface area contributed by atoms with Gasteiger partial charge < -0.3 is 16.4 Å². The molecule has 1 aliphatic carbocycles. The third-order valence-electron chi connectivity index (χ3n) is 3.57. The fraction of sp³-hybridized carbons (Fsp3) is 0.846. The normalized spacial score (nSPS) is 26.2. The minimum atomic E-state index is -0.442. The third-order valence-corrected chi connectivity index (χ3v) is 3.57. The second kappa shape index (κ2) is 8.38. The van der Waals surface area contributed by atoms with Crippen molar-refractivity contribution in [3.05, 3.63) is 0 Å². The van der Waals surface area contributed by atoms with Gasteiger partial charge in [-0.05, 0) is 26.2 Å². The lowest BCUT2D eigenvalue weighted by Gasteiger charge is -2.37. The first-order valence-corrected chi connectivity index (χ1v) is 6.80. The molecule has 0 aliphatic heterocycles. The zero-order valence-corrected chi connectivity index (χ0v) is 12.6. The van der Waals surface area contributed by atoms with Gasteiger partial charge in [-0.1, -0.05) is 19.8 Å². The first kappa shape index (κ1) is 18.2. The van der Waals surface area contributed by atoms with Crippen LogP contribution in [-0.4, -0.2) is 30.4 Å². The molecule has 19 heavy (non-hydrogen) atoms. The van der Waals surface area contributed by atoms with E-state index >= 15 is 0 Å². The van der Waals surface area contributed by atoms with Crippen LogP contribution in [-0.2, 0) is 9.59 Å². The highest BCUT2D eigenvalue weighted by Crippen LogP contribution is 2.31. The summed E-state index contributed by atoms with van der Waals surface area (Å²) in [4.78, 5) is 23.4. The van der Waals surface area contributed by atoms with Gasteiger partial charge in [0.05, 0.1) is 12.5 Å². The van der Waals surface area contributed by atoms with Gasteiger partial charge in [-0.15, -0.1) is 12.4 Å². The third kappa shape index (κ3) is 5.78. The van der Waals surface area contributed by atoms with Crippen LogP contribution in [0.1, 0.15) is 46.0 Å². The molecule has 1 aliphatic rings. The fourth-order valence-electron chi connectivity index (χ4n) is 2.41. The Bertz CT molecular complexity index is 308. The Kier molecular flexibility index (Phi) is 8.02. The van der Waals surface area contributed by atoms with Gasteiger partial charge >= 0.3 is 0 Å². The first-order valence-electron chi connectivity index (χ1n) is 6.80. The van der Waals surface area contributed by atoms with Gasteiger partial charge in [0.25, 0.3) is 0 Å². The van der Waals surface area contributed by atoms with Crippen molar-refractivity contribution in [2.45, 2.75) is 51.5 Å². The smallest absolute Gasteiger partial charge is 0.239 e. The summed E-state index contributed by atoms with van der Waals surface area (Å²) in [5.41, 5.74) is 5.71. The van der Waals surface area contributed by atoms with Gasteiger partial charge in [-0.2, -0.15) is 0 Å². The molecule has 2 atom stereocenters. The van der Waals surface area contributed by atoms with Crippen LogP contribution in [0.5, 0.6) is 0 Å². The Hall–Kier alpha value is -0.810. The summed E-state index contributed by atoms with van der Waals surface area (Å²) in [6, 6.07) is 0. The standard InChI is InChI=1S/C13H25N3O2.ClH/c1-3-8-15-11(17)9-16-12(18)10-6-4-5-7-13(10,2)14;/h10H,3-9,14H2,1-2H3,(H,15,17)(H,16,18);1H. The molecule has 0 saturated heterocycles. The van der Waals surface area contributed by atoms with Crippen molar-refractivity contribution in [1.82, 2.24) is 10.6 Å². The average Bonchev–Trinajstić information content (AvgIpc) is 2.32. The maximum atomic E-state index is 12.0. The van der Waals surface area contributed by atoms with Gasteiger partial charge in [0.1, 0.15) is 0 Å². The van der Waals surface area contributed by atoms with Crippen LogP contribution in [0.2, 0.25) is 0 Å². The van der Waals surface area contributed by atoms with Gasteiger partial charge in [0.2, 0.25) is 11.8 Å². The summed E-state index contributed by atoms with van der Waals surface area (Å²) in [6.07, 6.45) is 4.69. The SMILES string of the molecule is CCCNC(=O)CNC(=O)C1CCCCC1(C)N.Cl. The molecule has 2 amide bonds. The number of halogens is 1. The van der Waals surface area contributed by atoms with Crippen LogP contribution >= 0.6 is 12.4 Å². The van der Waals surface area contributed by atoms with Crippen LogP contribution in [0, 0.1) is 5.92 Å². The lowest BCUT2D eigenvalue weighted by atomic mass is 9.74. The molecule has 0 radical (unpaired) electrons. The summed E-state index contributed by atoms with van der Waals surface area (Å²) >= 11 is 0. The van der Waals surface area contributed by atoms with E-state index in [9.17, 15) is 9.59 Å². The van der Waals surface area contributed by atoms with Crippen molar-refractivity contribution in [2.24, 2.45) is 11.7 Å². The minimum Gasteiger partial charge on any atom is -0.355 e. The van der Waals surface area contributed by atoms with E-state index in [0.717, 1.165) is 32.1 Å². The average molecular weight is 292 g/mol. The maximum absolute atomic E-state index is 12.0. The summed E-state index contributed by atoms with van der Waals surface area (Å²) in [7, 11) is 0. The topological polar surface area (TPSA) is 84.2 Å². The Morgan fingerprint density at radius 1 is 1.32 bits per heavy atom. The number of hydrogen-bond donors (Lipinski definition) is 3. The van der Waals surface area contributed by atoms with Crippen LogP contribution in [0.4, 0.5) is 0 Å². The van der Waals surface area contributed by atoms with Crippen molar-refractivity contribution < 1.29 is 9.59 Å². The predicted octanol–water partition coefficient (Wildman–Crippen LogP) is 0.958. The predicted molar refractivity (Wildman–Crippen MR) is 78.1 cm³/mol. The Balaban J connectivity index is 0.00000324. The van der Waals surface area contributed by atoms with Gasteiger partial charge in [-0.25, -0.2) is 0 Å². The number of carbonyl (C=O) groups is 2. The van der Waals surface area contributed by atoms with E-state index in [2.05, 4.69) is 10.6 Å². The van der Waals surface area contributed by atoms with E-state index < -0.39 is 5.54 Å². The number of rotatable bonds is 5. The van der Waals surface area contributed by atoms with Crippen molar-refractivity contribution in [1.29, 1.82) is 0 Å². The van der Waals surface area contributed by atoms with Crippen molar-refractivity contribution in [2.75, 3.05) is 13.1 Å². The van der Waals surface area contributed by atoms with Gasteiger partial charge in [0, 0.05) is 12.1 Å². The fourth-order valence-corrected chi connectivity index (χ4v) is 2.41. The molecule has 0 heterocycles. The van der Waals surface area contributed by atoms with E-state index in [0.29, 0.717) is 6.54 Å². The zero-order chi connectivity index (χ0) is 13.6. The lowest BCUT2D eigenvalue weighted by molar-refractivity contribution is -0.130. The van der Waals surface area contributed by atoms with Crippen LogP contribution in [0.3, 0.4) is 0 Å². The maximum Gasteiger partial charge on any atom is 0.239 e. The molecule has 0 aromatic heterocycles. The number of hydrogen-bond acceptors (Lipinski definition) is 3. The number of amides is 2. The first-order chi connectivity index (χ1) is 8.47. The summed E-state index contributed by atoms with van der Waals surface area (Å²) in [5, 5.41) is 5.41. The molecule has 0 aromatic rings. The second-order valence-corrected chi connectivity index (χ2v) is 5.37. The molecule has 0 spiro atoms. The number of nitrogens with two attached hydrogens (primary N) is 1. The minimum absolute atomic E-state index is 0. The molecule has 112 valence electrons. The largest absolute Gasteiger partial charge is 0.355 e. The van der Waals surface area contributed by atoms with Crippen molar-refractivity contribution in [3.63, 3.8) is 0 Å². The van der Waals surface area contributed by atoms with Crippen LogP contribution < -0.4 is 16.4 Å². The summed E-state index contributed by atoms with van der Waals surface area (Å²) in [6.45, 7) is 4.60. The van der Waals surface area contributed by atoms with Crippen molar-refractivity contribution >= 4 is 24.2 Å². The van der Waals surface area contributed by atoms with E-state index in [-0.39, 0.29) is 36.7 Å². The Morgan fingerprint density at radius 3 is 2.58 bits per heavy atom. The van der Waals surface area contributed by atoms with Crippen LogP contribution in [0.25, 0.3) is 0 Å². The van der Waals surface area contributed by atoms with E-state index in [4.69, 9.17) is 5.73 Å². The number of carbonyl (C=O) groups excluding carboxylic acids is 2. The highest BCUT2D eigenvalue weighted by Gasteiger charge is 2.37. The number of nitrogens with one attached hydrogen (secondary N) is 2. The molecule has 6 heteroatoms. The lowest BCUT2D eigenvalue weighted by Crippen LogP contribution is -2.53. The highest BCUT2D eigenvalue weighted by molar-refractivity contribution is 5.86. The molecule has 2 unspecified atom stereocenters. The van der Waals surface area contributed by atoms with E-state index in [1.165, 1.54) is 0 Å². The molecule has 0 aromatic carbocycles. The molecular formula is C13H26ClN3O2. The Labute approximate surface area is 121 Å². The van der Waals surface area contributed by atoms with E-state index in [1.807, 2.05) is 13.8 Å². The zero-order valence-electron chi connectivity index (χ0n) is 11.8. The van der Waals surface area contributed by atoms with Gasteiger partial charge in [-0.3, -0.25) is 9.59 Å². The molecule has 0 bridgehead atoms. The Morgan fingerprint density at radius 2 is 2.00 bits per heavy atom. The van der Waals surface area contributed by atoms with Crippen molar-refractivity contribution in [3.8, 4) is 0 Å². The van der Waals surface area contributed by atoms with Crippen LogP contribution in [0.15, 0.2) is 0 Å². The molecule has 1 saturated carbocycles. The molecule has 1 fully saturated rings.